The van der Waals surface area contributed by atoms with E-state index in [4.69, 9.17) is 14.2 Å². The van der Waals surface area contributed by atoms with Gasteiger partial charge in [-0.3, -0.25) is 4.79 Å². The molecule has 3 amide bonds. The molecule has 0 bridgehead atoms. The lowest BCUT2D eigenvalue weighted by Gasteiger charge is -2.25. The second-order valence-electron chi connectivity index (χ2n) is 9.14. The number of nitrogens with one attached hydrogen (secondary N) is 3. The Morgan fingerprint density at radius 3 is 1.90 bits per heavy atom. The van der Waals surface area contributed by atoms with Crippen LogP contribution < -0.4 is 16.0 Å². The molecule has 2 unspecified atom stereocenters. The van der Waals surface area contributed by atoms with Crippen LogP contribution in [0.3, 0.4) is 0 Å². The van der Waals surface area contributed by atoms with Crippen LogP contribution in [0.1, 0.15) is 50.7 Å². The molecule has 0 aliphatic rings. The van der Waals surface area contributed by atoms with Crippen LogP contribution in [0.4, 0.5) is 9.59 Å². The highest BCUT2D eigenvalue weighted by atomic mass is 16.6. The van der Waals surface area contributed by atoms with Gasteiger partial charge < -0.3 is 30.2 Å². The lowest BCUT2D eigenvalue weighted by atomic mass is 9.98. The zero-order chi connectivity index (χ0) is 28.5. The Balaban J connectivity index is 1.88. The zero-order valence-corrected chi connectivity index (χ0v) is 22.8. The molecule has 3 atom stereocenters. The van der Waals surface area contributed by atoms with Gasteiger partial charge in [0, 0.05) is 6.54 Å². The molecule has 0 saturated heterocycles. The van der Waals surface area contributed by atoms with Gasteiger partial charge in [0.05, 0.1) is 7.11 Å². The van der Waals surface area contributed by atoms with Crippen LogP contribution in [0.25, 0.3) is 0 Å². The lowest BCUT2D eigenvalue weighted by molar-refractivity contribution is -0.146. The fourth-order valence-electron chi connectivity index (χ4n) is 3.66. The fourth-order valence-corrected chi connectivity index (χ4v) is 3.66. The normalized spacial score (nSPS) is 12.8. The molecule has 39 heavy (non-hydrogen) atoms. The van der Waals surface area contributed by atoms with E-state index in [1.807, 2.05) is 74.5 Å². The minimum Gasteiger partial charge on any atom is -0.467 e. The van der Waals surface area contributed by atoms with Crippen LogP contribution in [0.2, 0.25) is 0 Å². The van der Waals surface area contributed by atoms with Crippen LogP contribution in [-0.2, 0) is 37.0 Å². The Bertz CT molecular complexity index is 1030. The summed E-state index contributed by atoms with van der Waals surface area (Å²) < 4.78 is 15.3. The SMILES string of the molecule is CCC(C)[C@H](NC(=O)C(CCCCNC(=O)OCc1ccccc1)NC(=O)OCc1ccccc1)C(=O)OC. The smallest absolute Gasteiger partial charge is 0.408 e. The van der Waals surface area contributed by atoms with Crippen molar-refractivity contribution < 1.29 is 33.4 Å². The molecule has 2 rings (SSSR count). The van der Waals surface area contributed by atoms with Crippen LogP contribution in [0, 0.1) is 5.92 Å². The van der Waals surface area contributed by atoms with E-state index in [0.717, 1.165) is 11.1 Å². The summed E-state index contributed by atoms with van der Waals surface area (Å²) in [6.07, 6.45) is 0.661. The molecule has 0 heterocycles. The zero-order valence-electron chi connectivity index (χ0n) is 22.8. The van der Waals surface area contributed by atoms with Gasteiger partial charge in [-0.2, -0.15) is 0 Å². The summed E-state index contributed by atoms with van der Waals surface area (Å²) in [5.74, 6) is -1.24. The summed E-state index contributed by atoms with van der Waals surface area (Å²) in [7, 11) is 1.26. The third-order valence-corrected chi connectivity index (χ3v) is 6.19. The molecule has 0 aliphatic carbocycles. The van der Waals surface area contributed by atoms with E-state index < -0.39 is 36.1 Å². The van der Waals surface area contributed by atoms with Crippen molar-refractivity contribution in [2.24, 2.45) is 5.92 Å². The van der Waals surface area contributed by atoms with Crippen molar-refractivity contribution in [2.75, 3.05) is 13.7 Å². The summed E-state index contributed by atoms with van der Waals surface area (Å²) in [6.45, 7) is 4.29. The summed E-state index contributed by atoms with van der Waals surface area (Å²) in [5, 5.41) is 8.00. The molecule has 2 aromatic carbocycles. The molecule has 10 nitrogen and oxygen atoms in total. The number of carbonyl (C=O) groups excluding carboxylic acids is 4. The monoisotopic (exact) mass is 541 g/mol. The Hall–Kier alpha value is -4.08. The quantitative estimate of drug-likeness (QED) is 0.176. The lowest BCUT2D eigenvalue weighted by Crippen LogP contribution is -2.53. The van der Waals surface area contributed by atoms with Gasteiger partial charge in [-0.25, -0.2) is 14.4 Å². The van der Waals surface area contributed by atoms with Crippen LogP contribution in [0.5, 0.6) is 0 Å². The summed E-state index contributed by atoms with van der Waals surface area (Å²) >= 11 is 0. The van der Waals surface area contributed by atoms with E-state index in [1.54, 1.807) is 0 Å². The molecule has 0 aromatic heterocycles. The maximum Gasteiger partial charge on any atom is 0.408 e. The standard InChI is InChI=1S/C29H39N3O7/c1-4-21(2)25(27(34)37-3)32-26(33)24(31-29(36)39-20-23-15-9-6-10-16-23)17-11-12-18-30-28(35)38-19-22-13-7-5-8-14-22/h5-10,13-16,21,24-25H,4,11-12,17-20H2,1-3H3,(H,30,35)(H,31,36)(H,32,33)/t21?,24?,25-/m0/s1. The van der Waals surface area contributed by atoms with Gasteiger partial charge in [-0.1, -0.05) is 80.9 Å². The third kappa shape index (κ3) is 11.9. The number of esters is 1. The number of benzene rings is 2. The van der Waals surface area contributed by atoms with Crippen molar-refractivity contribution in [2.45, 2.75) is 64.8 Å². The number of methoxy groups -OCH3 is 1. The maximum absolute atomic E-state index is 13.1. The first-order chi connectivity index (χ1) is 18.8. The van der Waals surface area contributed by atoms with Crippen molar-refractivity contribution in [3.8, 4) is 0 Å². The molecule has 10 heteroatoms. The molecular weight excluding hydrogens is 502 g/mol. The first-order valence-electron chi connectivity index (χ1n) is 13.1. The van der Waals surface area contributed by atoms with Crippen LogP contribution in [0.15, 0.2) is 60.7 Å². The number of unbranched alkanes of at least 4 members (excludes halogenated alkanes) is 1. The Morgan fingerprint density at radius 1 is 0.795 bits per heavy atom. The van der Waals surface area contributed by atoms with Crippen molar-refractivity contribution in [3.05, 3.63) is 71.8 Å². The molecule has 0 aliphatic heterocycles. The average Bonchev–Trinajstić information content (AvgIpc) is 2.97. The molecule has 0 saturated carbocycles. The number of rotatable bonds is 15. The van der Waals surface area contributed by atoms with E-state index in [1.165, 1.54) is 7.11 Å². The number of hydrogen-bond acceptors (Lipinski definition) is 7. The van der Waals surface area contributed by atoms with Crippen LogP contribution >= 0.6 is 0 Å². The highest BCUT2D eigenvalue weighted by molar-refractivity contribution is 5.89. The fraction of sp³-hybridized carbons (Fsp3) is 0.448. The molecule has 212 valence electrons. The van der Waals surface area contributed by atoms with E-state index in [2.05, 4.69) is 16.0 Å². The van der Waals surface area contributed by atoms with Gasteiger partial charge in [0.1, 0.15) is 25.3 Å². The van der Waals surface area contributed by atoms with Gasteiger partial charge in [0.15, 0.2) is 0 Å². The molecule has 0 spiro atoms. The summed E-state index contributed by atoms with van der Waals surface area (Å²) in [5.41, 5.74) is 1.69. The van der Waals surface area contributed by atoms with Crippen LogP contribution in [-0.4, -0.2) is 49.8 Å². The predicted octanol–water partition coefficient (Wildman–Crippen LogP) is 4.08. The predicted molar refractivity (Wildman–Crippen MR) is 145 cm³/mol. The van der Waals surface area contributed by atoms with Gasteiger partial charge >= 0.3 is 18.2 Å². The van der Waals surface area contributed by atoms with Gasteiger partial charge in [0.25, 0.3) is 0 Å². The Kier molecular flexibility index (Phi) is 13.9. The van der Waals surface area contributed by atoms with Gasteiger partial charge in [-0.15, -0.1) is 0 Å². The van der Waals surface area contributed by atoms with Crippen molar-refractivity contribution in [1.29, 1.82) is 0 Å². The molecule has 2 aromatic rings. The second kappa shape index (κ2) is 17.4. The van der Waals surface area contributed by atoms with E-state index in [-0.39, 0.29) is 25.6 Å². The average molecular weight is 542 g/mol. The van der Waals surface area contributed by atoms with E-state index >= 15 is 0 Å². The number of alkyl carbamates (subject to hydrolysis) is 2. The van der Waals surface area contributed by atoms with Crippen molar-refractivity contribution >= 4 is 24.1 Å². The molecule has 0 fully saturated rings. The number of hydrogen-bond donors (Lipinski definition) is 3. The minimum absolute atomic E-state index is 0.0493. The first-order valence-corrected chi connectivity index (χ1v) is 13.1. The Labute approximate surface area is 229 Å². The van der Waals surface area contributed by atoms with Gasteiger partial charge in [-0.05, 0) is 36.3 Å². The van der Waals surface area contributed by atoms with Gasteiger partial charge in [0.2, 0.25) is 5.91 Å². The van der Waals surface area contributed by atoms with E-state index in [0.29, 0.717) is 25.8 Å². The molecule has 3 N–H and O–H groups in total. The van der Waals surface area contributed by atoms with Crippen molar-refractivity contribution in [3.63, 3.8) is 0 Å². The Morgan fingerprint density at radius 2 is 1.36 bits per heavy atom. The first kappa shape index (κ1) is 31.1. The second-order valence-corrected chi connectivity index (χ2v) is 9.14. The van der Waals surface area contributed by atoms with Crippen molar-refractivity contribution in [1.82, 2.24) is 16.0 Å². The summed E-state index contributed by atoms with van der Waals surface area (Å²) in [6, 6.07) is 16.7. The summed E-state index contributed by atoms with van der Waals surface area (Å²) in [4.78, 5) is 49.8. The number of ether oxygens (including phenoxy) is 3. The molecular formula is C29H39N3O7. The number of carbonyl (C=O) groups is 4. The maximum atomic E-state index is 13.1. The van der Waals surface area contributed by atoms with E-state index in [9.17, 15) is 19.2 Å². The number of amides is 3. The minimum atomic E-state index is -0.950. The largest absolute Gasteiger partial charge is 0.467 e. The topological polar surface area (TPSA) is 132 Å². The third-order valence-electron chi connectivity index (χ3n) is 6.19. The highest BCUT2D eigenvalue weighted by Gasteiger charge is 2.30. The highest BCUT2D eigenvalue weighted by Crippen LogP contribution is 2.11. The molecule has 0 radical (unpaired) electrons.